The molecule has 0 atom stereocenters. The summed E-state index contributed by atoms with van der Waals surface area (Å²) < 4.78 is 6.46. The molecule has 3 nitrogen and oxygen atoms in total. The molecule has 0 radical (unpaired) electrons. The summed E-state index contributed by atoms with van der Waals surface area (Å²) >= 11 is 0. The van der Waals surface area contributed by atoms with Crippen molar-refractivity contribution in [3.05, 3.63) is 206 Å². The molecule has 258 valence electrons. The SMILES string of the molecule is c1ccc(-c2ccc(-c3ccc(-c4cc(-c5cccc6oc7ccc(-c8ccc(-c9ccccc9)cc8)cc7c56)nc(-c5ccccc5)n4)cc3)cc2)cc1. The third kappa shape index (κ3) is 6.28. The second-order valence-electron chi connectivity index (χ2n) is 13.8. The maximum absolute atomic E-state index is 6.46. The van der Waals surface area contributed by atoms with Gasteiger partial charge in [0.1, 0.15) is 11.2 Å². The second-order valence-corrected chi connectivity index (χ2v) is 13.8. The van der Waals surface area contributed by atoms with Crippen molar-refractivity contribution in [2.45, 2.75) is 0 Å². The van der Waals surface area contributed by atoms with Crippen LogP contribution in [0.1, 0.15) is 0 Å². The average molecular weight is 703 g/mol. The average Bonchev–Trinajstić information content (AvgIpc) is 3.66. The smallest absolute Gasteiger partial charge is 0.160 e. The maximum Gasteiger partial charge on any atom is 0.160 e. The van der Waals surface area contributed by atoms with Crippen LogP contribution in [0.25, 0.3) is 100 Å². The van der Waals surface area contributed by atoms with Crippen molar-refractivity contribution in [1.82, 2.24) is 9.97 Å². The number of hydrogen-bond acceptors (Lipinski definition) is 3. The highest BCUT2D eigenvalue weighted by Gasteiger charge is 2.17. The van der Waals surface area contributed by atoms with Gasteiger partial charge in [-0.2, -0.15) is 0 Å². The highest BCUT2D eigenvalue weighted by atomic mass is 16.3. The van der Waals surface area contributed by atoms with E-state index in [1.807, 2.05) is 42.5 Å². The van der Waals surface area contributed by atoms with Gasteiger partial charge < -0.3 is 4.42 Å². The molecule has 0 spiro atoms. The molecular formula is C52H34N2O. The summed E-state index contributed by atoms with van der Waals surface area (Å²) in [6.45, 7) is 0. The minimum atomic E-state index is 0.678. The van der Waals surface area contributed by atoms with E-state index in [1.54, 1.807) is 0 Å². The van der Waals surface area contributed by atoms with Crippen molar-refractivity contribution in [3.63, 3.8) is 0 Å². The lowest BCUT2D eigenvalue weighted by atomic mass is 9.97. The van der Waals surface area contributed by atoms with Gasteiger partial charge in [-0.3, -0.25) is 0 Å². The fraction of sp³-hybridized carbons (Fsp3) is 0. The lowest BCUT2D eigenvalue weighted by molar-refractivity contribution is 0.669. The van der Waals surface area contributed by atoms with E-state index in [9.17, 15) is 0 Å². The number of hydrogen-bond donors (Lipinski definition) is 0. The Morgan fingerprint density at radius 1 is 0.291 bits per heavy atom. The Bertz CT molecular complexity index is 2920. The van der Waals surface area contributed by atoms with E-state index in [0.717, 1.165) is 66.7 Å². The Labute approximate surface area is 319 Å². The summed E-state index contributed by atoms with van der Waals surface area (Å²) in [4.78, 5) is 10.3. The molecule has 8 aromatic carbocycles. The van der Waals surface area contributed by atoms with Crippen LogP contribution in [-0.2, 0) is 0 Å². The van der Waals surface area contributed by atoms with Crippen molar-refractivity contribution < 1.29 is 4.42 Å². The first kappa shape index (κ1) is 32.3. The molecule has 0 aliphatic carbocycles. The summed E-state index contributed by atoms with van der Waals surface area (Å²) in [7, 11) is 0. The number of nitrogens with zero attached hydrogens (tertiary/aromatic N) is 2. The van der Waals surface area contributed by atoms with E-state index in [0.29, 0.717) is 5.82 Å². The topological polar surface area (TPSA) is 38.9 Å². The van der Waals surface area contributed by atoms with Gasteiger partial charge in [0.05, 0.1) is 11.4 Å². The van der Waals surface area contributed by atoms with Crippen LogP contribution in [-0.4, -0.2) is 9.97 Å². The summed E-state index contributed by atoms with van der Waals surface area (Å²) in [5.74, 6) is 0.678. The van der Waals surface area contributed by atoms with Crippen LogP contribution < -0.4 is 0 Å². The standard InChI is InChI=1S/C52H34N2O/c1-4-11-35(12-5-1)37-19-21-39(22-20-37)40-27-29-42(30-28-40)47-34-48(54-52(53-47)43-15-8-3-9-16-43)45-17-10-18-50-51(45)46-33-44(31-32-49(46)55-50)41-25-23-38(24-26-41)36-13-6-2-7-14-36/h1-34H. The largest absolute Gasteiger partial charge is 0.456 e. The van der Waals surface area contributed by atoms with Crippen LogP contribution in [0.15, 0.2) is 211 Å². The first-order valence-corrected chi connectivity index (χ1v) is 18.6. The summed E-state index contributed by atoms with van der Waals surface area (Å²) in [6.07, 6.45) is 0. The Balaban J connectivity index is 1.05. The highest BCUT2D eigenvalue weighted by Crippen LogP contribution is 2.40. The number of furan rings is 1. The van der Waals surface area contributed by atoms with Gasteiger partial charge in [0.2, 0.25) is 0 Å². The molecule has 0 aliphatic heterocycles. The van der Waals surface area contributed by atoms with Crippen LogP contribution in [0.4, 0.5) is 0 Å². The molecule has 0 amide bonds. The number of benzene rings is 8. The minimum Gasteiger partial charge on any atom is -0.456 e. The van der Waals surface area contributed by atoms with Gasteiger partial charge in [-0.1, -0.05) is 182 Å². The normalized spacial score (nSPS) is 11.3. The van der Waals surface area contributed by atoms with E-state index in [-0.39, 0.29) is 0 Å². The van der Waals surface area contributed by atoms with Crippen molar-refractivity contribution in [2.24, 2.45) is 0 Å². The van der Waals surface area contributed by atoms with E-state index in [4.69, 9.17) is 14.4 Å². The molecule has 0 saturated heterocycles. The molecule has 0 unspecified atom stereocenters. The predicted molar refractivity (Wildman–Crippen MR) is 227 cm³/mol. The molecule has 3 heteroatoms. The molecule has 55 heavy (non-hydrogen) atoms. The van der Waals surface area contributed by atoms with E-state index >= 15 is 0 Å². The molecule has 0 N–H and O–H groups in total. The van der Waals surface area contributed by atoms with Crippen LogP contribution in [0, 0.1) is 0 Å². The maximum atomic E-state index is 6.46. The summed E-state index contributed by atoms with van der Waals surface area (Å²) in [6, 6.07) is 72.1. The molecule has 10 aromatic rings. The first-order valence-electron chi connectivity index (χ1n) is 18.6. The van der Waals surface area contributed by atoms with Crippen molar-refractivity contribution in [3.8, 4) is 78.4 Å². The van der Waals surface area contributed by atoms with E-state index < -0.39 is 0 Å². The van der Waals surface area contributed by atoms with Crippen molar-refractivity contribution in [2.75, 3.05) is 0 Å². The zero-order valence-electron chi connectivity index (χ0n) is 29.9. The van der Waals surface area contributed by atoms with Gasteiger partial charge in [0.15, 0.2) is 5.82 Å². The van der Waals surface area contributed by atoms with Crippen LogP contribution in [0.3, 0.4) is 0 Å². The Morgan fingerprint density at radius 3 is 1.27 bits per heavy atom. The van der Waals surface area contributed by atoms with Gasteiger partial charge in [-0.15, -0.1) is 0 Å². The van der Waals surface area contributed by atoms with Crippen LogP contribution >= 0.6 is 0 Å². The van der Waals surface area contributed by atoms with E-state index in [2.05, 4.69) is 164 Å². The zero-order valence-corrected chi connectivity index (χ0v) is 29.9. The van der Waals surface area contributed by atoms with Crippen molar-refractivity contribution >= 4 is 21.9 Å². The number of fused-ring (bicyclic) bond motifs is 3. The molecule has 0 saturated carbocycles. The highest BCUT2D eigenvalue weighted by molar-refractivity contribution is 6.13. The molecule has 0 bridgehead atoms. The number of aromatic nitrogens is 2. The molecule has 0 aliphatic rings. The van der Waals surface area contributed by atoms with Crippen molar-refractivity contribution in [1.29, 1.82) is 0 Å². The zero-order chi connectivity index (χ0) is 36.6. The molecule has 0 fully saturated rings. The lowest BCUT2D eigenvalue weighted by Gasteiger charge is -2.11. The van der Waals surface area contributed by atoms with Gasteiger partial charge >= 0.3 is 0 Å². The fourth-order valence-corrected chi connectivity index (χ4v) is 7.47. The van der Waals surface area contributed by atoms with Gasteiger partial charge in [0.25, 0.3) is 0 Å². The quantitative estimate of drug-likeness (QED) is 0.166. The third-order valence-corrected chi connectivity index (χ3v) is 10.4. The first-order chi connectivity index (χ1) is 27.2. The van der Waals surface area contributed by atoms with E-state index in [1.165, 1.54) is 27.8 Å². The molecule has 2 heterocycles. The van der Waals surface area contributed by atoms with Crippen LogP contribution in [0.5, 0.6) is 0 Å². The monoisotopic (exact) mass is 702 g/mol. The van der Waals surface area contributed by atoms with Gasteiger partial charge in [0, 0.05) is 27.5 Å². The van der Waals surface area contributed by atoms with Gasteiger partial charge in [-0.25, -0.2) is 9.97 Å². The summed E-state index contributed by atoms with van der Waals surface area (Å²) in [5.41, 5.74) is 15.8. The van der Waals surface area contributed by atoms with Gasteiger partial charge in [-0.05, 0) is 68.8 Å². The number of rotatable bonds is 7. The summed E-state index contributed by atoms with van der Waals surface area (Å²) in [5, 5.41) is 2.09. The minimum absolute atomic E-state index is 0.678. The fourth-order valence-electron chi connectivity index (χ4n) is 7.47. The third-order valence-electron chi connectivity index (χ3n) is 10.4. The Hall–Kier alpha value is -7.36. The second kappa shape index (κ2) is 13.9. The molecular weight excluding hydrogens is 669 g/mol. The Morgan fingerprint density at radius 2 is 0.727 bits per heavy atom. The lowest BCUT2D eigenvalue weighted by Crippen LogP contribution is -1.96. The predicted octanol–water partition coefficient (Wildman–Crippen LogP) is 14.0. The molecule has 2 aromatic heterocycles. The Kier molecular flexibility index (Phi) is 8.16. The molecule has 10 rings (SSSR count). The van der Waals surface area contributed by atoms with Crippen LogP contribution in [0.2, 0.25) is 0 Å².